The van der Waals surface area contributed by atoms with Gasteiger partial charge in [0.2, 0.25) is 0 Å². The first-order chi connectivity index (χ1) is 51.2. The summed E-state index contributed by atoms with van der Waals surface area (Å²) in [6.07, 6.45) is 6.02. The Bertz CT molecular complexity index is 6720. The van der Waals surface area contributed by atoms with Crippen LogP contribution in [-0.2, 0) is 27.1 Å². The number of benzene rings is 13. The molecule has 106 heavy (non-hydrogen) atoms. The van der Waals surface area contributed by atoms with Crippen LogP contribution in [0.15, 0.2) is 291 Å². The predicted molar refractivity (Wildman–Crippen MR) is 441 cm³/mol. The molecule has 20 rings (SSSR count). The van der Waals surface area contributed by atoms with Gasteiger partial charge in [0, 0.05) is 66.2 Å². The monoisotopic (exact) mass is 1370 g/mol. The van der Waals surface area contributed by atoms with E-state index in [-0.39, 0.29) is 27.1 Å². The van der Waals surface area contributed by atoms with Crippen molar-refractivity contribution in [3.8, 4) is 50.9 Å². The molecule has 5 heterocycles. The first-order valence-corrected chi connectivity index (χ1v) is 37.4. The summed E-state index contributed by atoms with van der Waals surface area (Å²) in [5, 5.41) is 11.7. The van der Waals surface area contributed by atoms with Crippen LogP contribution in [0.1, 0.15) is 126 Å². The molecule has 13 aromatic carbocycles. The SMILES string of the molecule is CC(C)(C)c1ccnc(-n2c3cc(Oc4cccc(-n5[c-][n+](-c6c(-c7ccc8c(c7)C(C)(C)c7ccccc7C8(C)C)cccc6-c6ccc7c(c6)C(C)(C)c6ccccc6C7(C)C)c6ccccc65)c4)ccc3c3cc4c(cc32)c2ccccc2c2ccccc2c2cccc3c5ccccc5n4c23)c1. The van der Waals surface area contributed by atoms with E-state index in [4.69, 9.17) is 9.72 Å². The van der Waals surface area contributed by atoms with Crippen molar-refractivity contribution in [3.63, 3.8) is 0 Å². The van der Waals surface area contributed by atoms with Crippen LogP contribution in [0.5, 0.6) is 11.5 Å². The van der Waals surface area contributed by atoms with E-state index in [1.54, 1.807) is 0 Å². The number of rotatable bonds is 7. The molecule has 0 saturated carbocycles. The molecule has 0 N–H and O–H groups in total. The van der Waals surface area contributed by atoms with Gasteiger partial charge in [0.1, 0.15) is 17.3 Å². The van der Waals surface area contributed by atoms with Crippen molar-refractivity contribution in [2.45, 2.75) is 103 Å². The largest absolute Gasteiger partial charge is 0.458 e. The summed E-state index contributed by atoms with van der Waals surface area (Å²) in [6.45, 7) is 26.0. The molecule has 0 spiro atoms. The summed E-state index contributed by atoms with van der Waals surface area (Å²) in [4.78, 5) is 5.26. The van der Waals surface area contributed by atoms with Gasteiger partial charge in [-0.1, -0.05) is 295 Å². The molecular formula is C100H81N5O. The molecule has 2 aliphatic carbocycles. The Kier molecular flexibility index (Phi) is 13.6. The van der Waals surface area contributed by atoms with Crippen LogP contribution in [-0.4, -0.2) is 18.5 Å². The van der Waals surface area contributed by atoms with E-state index in [9.17, 15) is 0 Å². The summed E-state index contributed by atoms with van der Waals surface area (Å²) in [5.41, 5.74) is 25.3. The maximum Gasteiger partial charge on any atom is 0.269 e. The first kappa shape index (κ1) is 63.6. The molecule has 6 nitrogen and oxygen atoms in total. The lowest BCUT2D eigenvalue weighted by atomic mass is 9.59. The third-order valence-corrected chi connectivity index (χ3v) is 24.4. The zero-order chi connectivity index (χ0) is 72.1. The van der Waals surface area contributed by atoms with Crippen LogP contribution in [0.3, 0.4) is 0 Å². The minimum Gasteiger partial charge on any atom is -0.458 e. The second kappa shape index (κ2) is 22.7. The Morgan fingerprint density at radius 1 is 0.349 bits per heavy atom. The fourth-order valence-corrected chi connectivity index (χ4v) is 18.9. The third kappa shape index (κ3) is 9.22. The van der Waals surface area contributed by atoms with Gasteiger partial charge in [0.25, 0.3) is 6.33 Å². The van der Waals surface area contributed by atoms with Crippen molar-refractivity contribution in [2.24, 2.45) is 0 Å². The summed E-state index contributed by atoms with van der Waals surface area (Å²) in [7, 11) is 0. The number of hydrogen-bond donors (Lipinski definition) is 0. The fourth-order valence-electron chi connectivity index (χ4n) is 18.9. The molecule has 0 saturated heterocycles. The smallest absolute Gasteiger partial charge is 0.269 e. The number of hydrogen-bond acceptors (Lipinski definition) is 2. The van der Waals surface area contributed by atoms with Gasteiger partial charge in [0.15, 0.2) is 0 Å². The number of imidazole rings is 1. The highest BCUT2D eigenvalue weighted by Gasteiger charge is 2.43. The molecule has 0 fully saturated rings. The second-order valence-corrected chi connectivity index (χ2v) is 32.9. The molecule has 0 aliphatic heterocycles. The Hall–Kier alpha value is -12.1. The van der Waals surface area contributed by atoms with Gasteiger partial charge in [-0.25, -0.2) is 4.98 Å². The van der Waals surface area contributed by atoms with Crippen LogP contribution in [0, 0.1) is 6.33 Å². The molecule has 0 amide bonds. The average molecular weight is 1370 g/mol. The summed E-state index contributed by atoms with van der Waals surface area (Å²) >= 11 is 0. The maximum atomic E-state index is 7.24. The van der Waals surface area contributed by atoms with Crippen LogP contribution in [0.4, 0.5) is 0 Å². The van der Waals surface area contributed by atoms with Crippen LogP contribution >= 0.6 is 0 Å². The summed E-state index contributed by atoms with van der Waals surface area (Å²) in [6, 6.07) is 106. The number of ether oxygens (including phenoxy) is 1. The van der Waals surface area contributed by atoms with Crippen LogP contribution in [0.25, 0.3) is 132 Å². The molecule has 0 atom stereocenters. The van der Waals surface area contributed by atoms with E-state index in [0.717, 1.165) is 94.1 Å². The highest BCUT2D eigenvalue weighted by Crippen LogP contribution is 2.54. The summed E-state index contributed by atoms with van der Waals surface area (Å²) < 4.78 is 16.7. The van der Waals surface area contributed by atoms with E-state index in [0.29, 0.717) is 11.5 Å². The van der Waals surface area contributed by atoms with Crippen molar-refractivity contribution in [2.75, 3.05) is 0 Å². The van der Waals surface area contributed by atoms with Crippen molar-refractivity contribution in [1.82, 2.24) is 18.5 Å². The lowest BCUT2D eigenvalue weighted by molar-refractivity contribution is -0.571. The topological polar surface area (TPSA) is 40.3 Å². The molecule has 0 radical (unpaired) electrons. The molecular weight excluding hydrogens is 1290 g/mol. The Morgan fingerprint density at radius 3 is 1.42 bits per heavy atom. The Labute approximate surface area is 618 Å². The van der Waals surface area contributed by atoms with Gasteiger partial charge < -0.3 is 9.14 Å². The van der Waals surface area contributed by atoms with E-state index in [1.807, 2.05) is 6.20 Å². The van der Waals surface area contributed by atoms with E-state index in [1.165, 1.54) is 87.9 Å². The molecule has 2 aliphatic rings. The molecule has 512 valence electrons. The van der Waals surface area contributed by atoms with Gasteiger partial charge in [0.05, 0.1) is 50.0 Å². The first-order valence-electron chi connectivity index (χ1n) is 37.4. The van der Waals surface area contributed by atoms with E-state index >= 15 is 0 Å². The lowest BCUT2D eigenvalue weighted by Crippen LogP contribution is -2.36. The molecule has 0 unspecified atom stereocenters. The molecule has 0 bridgehead atoms. The Morgan fingerprint density at radius 2 is 0.802 bits per heavy atom. The van der Waals surface area contributed by atoms with Crippen molar-refractivity contribution >= 4 is 92.5 Å². The standard InChI is InChI=1S/C100H81N5O/c1-96(2,3)63-51-52-101-93(55-63)104-90-57-66(47-48-74(90)78-59-92-77(58-91(78)104)72-32-15-13-30-70(72)69-29-12-14-31-71(69)75-36-26-37-76-73-33-16-21-42-87(73)105(92)95(75)76)106-65-28-24-27-64(56-65)102-60-103(89-44-23-22-43-88(89)102)94-67(61-45-49-83-85(53-61)99(8,9)81-40-19-17-38-79(81)97(83,4)5)34-25-35-68(94)62-46-50-84-86(54-62)100(10,11)82-41-20-18-39-80(82)98(84,6)7/h12-59H,1-11H3. The molecule has 18 aromatic rings. The number of fused-ring (bicyclic) bond motifs is 18. The van der Waals surface area contributed by atoms with Crippen LogP contribution in [0.2, 0.25) is 0 Å². The van der Waals surface area contributed by atoms with Gasteiger partial charge >= 0.3 is 0 Å². The third-order valence-electron chi connectivity index (χ3n) is 24.4. The Balaban J connectivity index is 0.772. The van der Waals surface area contributed by atoms with Crippen molar-refractivity contribution < 1.29 is 9.30 Å². The molecule has 5 aromatic heterocycles. The predicted octanol–water partition coefficient (Wildman–Crippen LogP) is 25.1. The quantitative estimate of drug-likeness (QED) is 0.118. The minimum atomic E-state index is -0.245. The van der Waals surface area contributed by atoms with Gasteiger partial charge in [-0.15, -0.1) is 0 Å². The van der Waals surface area contributed by atoms with Gasteiger partial charge in [-0.2, -0.15) is 0 Å². The number of nitrogens with zero attached hydrogens (tertiary/aromatic N) is 5. The lowest BCUT2D eigenvalue weighted by Gasteiger charge is -2.44. The van der Waals surface area contributed by atoms with Gasteiger partial charge in [-0.05, 0) is 160 Å². The zero-order valence-corrected chi connectivity index (χ0v) is 61.9. The number of para-hydroxylation sites is 5. The van der Waals surface area contributed by atoms with Crippen molar-refractivity contribution in [3.05, 3.63) is 348 Å². The molecule has 6 heteroatoms. The average Bonchev–Trinajstić information content (AvgIpc) is 1.20. The normalized spacial score (nSPS) is 14.9. The number of pyridine rings is 1. The van der Waals surface area contributed by atoms with E-state index < -0.39 is 0 Å². The van der Waals surface area contributed by atoms with E-state index in [2.05, 4.69) is 386 Å². The second-order valence-electron chi connectivity index (χ2n) is 32.9. The number of aromatic nitrogens is 5. The summed E-state index contributed by atoms with van der Waals surface area (Å²) in [5.74, 6) is 2.25. The van der Waals surface area contributed by atoms with Gasteiger partial charge in [-0.3, -0.25) is 13.7 Å². The highest BCUT2D eigenvalue weighted by molar-refractivity contribution is 6.27. The fraction of sp³-hybridized carbons (Fsp3) is 0.160. The van der Waals surface area contributed by atoms with Crippen molar-refractivity contribution in [1.29, 1.82) is 0 Å². The maximum absolute atomic E-state index is 7.24. The highest BCUT2D eigenvalue weighted by atomic mass is 16.5. The zero-order valence-electron chi connectivity index (χ0n) is 61.9. The van der Waals surface area contributed by atoms with Crippen LogP contribution < -0.4 is 9.30 Å². The minimum absolute atomic E-state index is 0.132.